The van der Waals surface area contributed by atoms with Gasteiger partial charge in [-0.2, -0.15) is 0 Å². The quantitative estimate of drug-likeness (QED) is 0.363. The van der Waals surface area contributed by atoms with E-state index in [-0.39, 0.29) is 11.5 Å². The number of aromatic hydroxyl groups is 1. The summed E-state index contributed by atoms with van der Waals surface area (Å²) in [5.74, 6) is 1.75. The molecule has 4 heteroatoms. The van der Waals surface area contributed by atoms with E-state index >= 15 is 0 Å². The van der Waals surface area contributed by atoms with Gasteiger partial charge in [-0.05, 0) is 54.3 Å². The molecule has 4 rings (SSSR count). The Hall–Kier alpha value is -3.11. The van der Waals surface area contributed by atoms with Gasteiger partial charge in [-0.1, -0.05) is 50.2 Å². The van der Waals surface area contributed by atoms with Crippen molar-refractivity contribution in [1.82, 2.24) is 0 Å². The average molecular weight is 403 g/mol. The van der Waals surface area contributed by atoms with Gasteiger partial charge in [0.1, 0.15) is 16.4 Å². The van der Waals surface area contributed by atoms with Crippen molar-refractivity contribution in [3.8, 4) is 17.2 Å². The van der Waals surface area contributed by atoms with Gasteiger partial charge in [-0.25, -0.2) is 0 Å². The van der Waals surface area contributed by atoms with Crippen LogP contribution in [0.15, 0.2) is 66.7 Å². The fraction of sp³-hybridized carbons (Fsp3) is 0.160. The first-order valence-electron chi connectivity index (χ1n) is 9.57. The molecule has 0 aliphatic heterocycles. The number of phenols is 1. The zero-order valence-corrected chi connectivity index (χ0v) is 17.4. The fourth-order valence-corrected chi connectivity index (χ4v) is 4.42. The van der Waals surface area contributed by atoms with E-state index in [0.717, 1.165) is 15.6 Å². The van der Waals surface area contributed by atoms with E-state index < -0.39 is 0 Å². The van der Waals surface area contributed by atoms with E-state index in [1.54, 1.807) is 18.2 Å². The second-order valence-corrected chi connectivity index (χ2v) is 8.46. The smallest absolute Gasteiger partial charge is 0.207 e. The molecule has 0 saturated carbocycles. The summed E-state index contributed by atoms with van der Waals surface area (Å²) in [6.07, 6.45) is 0. The van der Waals surface area contributed by atoms with Crippen LogP contribution in [0.3, 0.4) is 0 Å². The van der Waals surface area contributed by atoms with Crippen LogP contribution in [0.2, 0.25) is 0 Å². The average Bonchev–Trinajstić information content (AvgIpc) is 3.05. The fourth-order valence-electron chi connectivity index (χ4n) is 3.30. The number of fused-ring (bicyclic) bond motifs is 1. The minimum Gasteiger partial charge on any atom is -0.508 e. The predicted octanol–water partition coefficient (Wildman–Crippen LogP) is 7.06. The van der Waals surface area contributed by atoms with Crippen molar-refractivity contribution in [3.63, 3.8) is 0 Å². The van der Waals surface area contributed by atoms with Crippen LogP contribution in [-0.4, -0.2) is 10.9 Å². The van der Waals surface area contributed by atoms with Crippen LogP contribution in [0.4, 0.5) is 0 Å². The van der Waals surface area contributed by atoms with Crippen LogP contribution in [0, 0.1) is 6.92 Å². The topological polar surface area (TPSA) is 46.5 Å². The molecule has 0 atom stereocenters. The monoisotopic (exact) mass is 402 g/mol. The van der Waals surface area contributed by atoms with Crippen LogP contribution in [-0.2, 0) is 0 Å². The normalized spacial score (nSPS) is 11.2. The Labute approximate surface area is 174 Å². The molecule has 0 fully saturated rings. The minimum absolute atomic E-state index is 0.0717. The van der Waals surface area contributed by atoms with Gasteiger partial charge in [0.25, 0.3) is 0 Å². The molecule has 0 amide bonds. The highest BCUT2D eigenvalue weighted by atomic mass is 32.1. The molecule has 0 unspecified atom stereocenters. The molecule has 3 aromatic carbocycles. The lowest BCUT2D eigenvalue weighted by Crippen LogP contribution is -2.03. The molecule has 1 heterocycles. The summed E-state index contributed by atoms with van der Waals surface area (Å²) in [5.41, 5.74) is 2.81. The molecule has 1 aromatic heterocycles. The second-order valence-electron chi connectivity index (χ2n) is 7.41. The van der Waals surface area contributed by atoms with Gasteiger partial charge in [-0.3, -0.25) is 4.79 Å². The number of benzene rings is 3. The number of ether oxygens (including phenoxy) is 1. The van der Waals surface area contributed by atoms with Crippen LogP contribution in [0.1, 0.15) is 46.1 Å². The largest absolute Gasteiger partial charge is 0.508 e. The molecular weight excluding hydrogens is 380 g/mol. The summed E-state index contributed by atoms with van der Waals surface area (Å²) in [6, 6.07) is 20.6. The Kier molecular flexibility index (Phi) is 5.12. The van der Waals surface area contributed by atoms with E-state index in [2.05, 4.69) is 13.8 Å². The molecule has 1 N–H and O–H groups in total. The van der Waals surface area contributed by atoms with Crippen molar-refractivity contribution >= 4 is 27.2 Å². The number of rotatable bonds is 5. The molecule has 29 heavy (non-hydrogen) atoms. The Morgan fingerprint density at radius 1 is 1.00 bits per heavy atom. The highest BCUT2D eigenvalue weighted by Gasteiger charge is 2.23. The minimum atomic E-state index is -0.0717. The molecule has 146 valence electrons. The third kappa shape index (κ3) is 3.76. The van der Waals surface area contributed by atoms with Crippen molar-refractivity contribution in [2.45, 2.75) is 26.7 Å². The molecular formula is C25H22O3S. The molecule has 0 spiro atoms. The highest BCUT2D eigenvalue weighted by Crippen LogP contribution is 2.43. The maximum atomic E-state index is 13.3. The lowest BCUT2D eigenvalue weighted by Gasteiger charge is -2.10. The van der Waals surface area contributed by atoms with Gasteiger partial charge < -0.3 is 9.84 Å². The van der Waals surface area contributed by atoms with Gasteiger partial charge in [0.2, 0.25) is 5.78 Å². The van der Waals surface area contributed by atoms with Gasteiger partial charge in [0.15, 0.2) is 5.75 Å². The van der Waals surface area contributed by atoms with Crippen LogP contribution >= 0.6 is 11.3 Å². The first kappa shape index (κ1) is 19.2. The Morgan fingerprint density at radius 3 is 2.41 bits per heavy atom. The standard InChI is InChI=1S/C25H22O3S/c1-15(2)17-8-11-19(12-9-17)28-24-21-13-10-18(26)14-22(21)29-25(24)23(27)20-7-5-4-6-16(20)3/h4-15,26H,1-3H3. The number of thiophene rings is 1. The Balaban J connectivity index is 1.82. The third-order valence-corrected chi connectivity index (χ3v) is 6.12. The number of hydrogen-bond acceptors (Lipinski definition) is 4. The number of carbonyl (C=O) groups excluding carboxylic acids is 1. The van der Waals surface area contributed by atoms with Crippen LogP contribution < -0.4 is 4.74 Å². The summed E-state index contributed by atoms with van der Waals surface area (Å²) < 4.78 is 7.04. The van der Waals surface area contributed by atoms with Crippen molar-refractivity contribution in [2.75, 3.05) is 0 Å². The van der Waals surface area contributed by atoms with Gasteiger partial charge in [0.05, 0.1) is 0 Å². The SMILES string of the molecule is Cc1ccccc1C(=O)c1sc2cc(O)ccc2c1Oc1ccc(C(C)C)cc1. The predicted molar refractivity (Wildman–Crippen MR) is 119 cm³/mol. The van der Waals surface area contributed by atoms with Crippen LogP contribution in [0.25, 0.3) is 10.1 Å². The maximum Gasteiger partial charge on any atom is 0.207 e. The third-order valence-electron chi connectivity index (χ3n) is 4.99. The van der Waals surface area contributed by atoms with Gasteiger partial charge in [-0.15, -0.1) is 11.3 Å². The van der Waals surface area contributed by atoms with Crippen LogP contribution in [0.5, 0.6) is 17.2 Å². The molecule has 0 saturated heterocycles. The first-order chi connectivity index (χ1) is 13.9. The van der Waals surface area contributed by atoms with Crippen molar-refractivity contribution in [3.05, 3.63) is 88.3 Å². The van der Waals surface area contributed by atoms with Gasteiger partial charge >= 0.3 is 0 Å². The van der Waals surface area contributed by atoms with E-state index in [0.29, 0.717) is 27.9 Å². The zero-order chi connectivity index (χ0) is 20.5. The van der Waals surface area contributed by atoms with E-state index in [1.165, 1.54) is 16.9 Å². The van der Waals surface area contributed by atoms with Gasteiger partial charge in [0, 0.05) is 15.6 Å². The van der Waals surface area contributed by atoms with Crippen molar-refractivity contribution < 1.29 is 14.6 Å². The number of aryl methyl sites for hydroxylation is 1. The molecule has 0 aliphatic rings. The highest BCUT2D eigenvalue weighted by molar-refractivity contribution is 7.21. The molecule has 4 aromatic rings. The Morgan fingerprint density at radius 2 is 1.72 bits per heavy atom. The van der Waals surface area contributed by atoms with E-state index in [1.807, 2.05) is 55.5 Å². The van der Waals surface area contributed by atoms with Crippen molar-refractivity contribution in [1.29, 1.82) is 0 Å². The van der Waals surface area contributed by atoms with Crippen molar-refractivity contribution in [2.24, 2.45) is 0 Å². The number of hydrogen-bond donors (Lipinski definition) is 1. The zero-order valence-electron chi connectivity index (χ0n) is 16.6. The lowest BCUT2D eigenvalue weighted by atomic mass is 10.0. The molecule has 0 radical (unpaired) electrons. The lowest BCUT2D eigenvalue weighted by molar-refractivity contribution is 0.104. The summed E-state index contributed by atoms with van der Waals surface area (Å²) in [7, 11) is 0. The van der Waals surface area contributed by atoms with E-state index in [4.69, 9.17) is 4.74 Å². The molecule has 3 nitrogen and oxygen atoms in total. The summed E-state index contributed by atoms with van der Waals surface area (Å²) in [5, 5.41) is 10.7. The summed E-state index contributed by atoms with van der Waals surface area (Å²) in [6.45, 7) is 6.22. The Bertz CT molecular complexity index is 1190. The number of ketones is 1. The summed E-state index contributed by atoms with van der Waals surface area (Å²) in [4.78, 5) is 13.9. The maximum absolute atomic E-state index is 13.3. The number of phenolic OH excluding ortho intramolecular Hbond substituents is 1. The second kappa shape index (κ2) is 7.72. The molecule has 0 aliphatic carbocycles. The van der Waals surface area contributed by atoms with E-state index in [9.17, 15) is 9.90 Å². The summed E-state index contributed by atoms with van der Waals surface area (Å²) >= 11 is 1.34. The molecule has 0 bridgehead atoms. The number of carbonyl (C=O) groups is 1. The first-order valence-corrected chi connectivity index (χ1v) is 10.4.